The first-order valence-corrected chi connectivity index (χ1v) is 8.90. The lowest BCUT2D eigenvalue weighted by Crippen LogP contribution is -2.28. The van der Waals surface area contributed by atoms with E-state index in [1.807, 2.05) is 13.0 Å². The number of rotatable bonds is 5. The van der Waals surface area contributed by atoms with Crippen molar-refractivity contribution in [2.75, 3.05) is 31.0 Å². The molecule has 1 saturated heterocycles. The smallest absolute Gasteiger partial charge is 0.229 e. The van der Waals surface area contributed by atoms with Gasteiger partial charge in [-0.05, 0) is 36.8 Å². The van der Waals surface area contributed by atoms with E-state index in [0.29, 0.717) is 28.8 Å². The van der Waals surface area contributed by atoms with Gasteiger partial charge in [-0.2, -0.15) is 0 Å². The number of hydrogen-bond donors (Lipinski definition) is 1. The van der Waals surface area contributed by atoms with Crippen LogP contribution in [-0.4, -0.2) is 32.6 Å². The molecular formula is C20H21ClN2O4. The zero-order chi connectivity index (χ0) is 19.6. The van der Waals surface area contributed by atoms with E-state index < -0.39 is 5.92 Å². The third kappa shape index (κ3) is 4.01. The molecule has 0 bridgehead atoms. The molecule has 2 amide bonds. The van der Waals surface area contributed by atoms with Crippen molar-refractivity contribution in [1.29, 1.82) is 0 Å². The zero-order valence-electron chi connectivity index (χ0n) is 15.4. The molecule has 0 saturated carbocycles. The van der Waals surface area contributed by atoms with E-state index in [2.05, 4.69) is 5.32 Å². The van der Waals surface area contributed by atoms with Crippen molar-refractivity contribution in [3.05, 3.63) is 47.0 Å². The number of carbonyl (C=O) groups is 2. The number of methoxy groups -OCH3 is 2. The van der Waals surface area contributed by atoms with E-state index in [4.69, 9.17) is 21.1 Å². The third-order valence-corrected chi connectivity index (χ3v) is 4.86. The van der Waals surface area contributed by atoms with Crippen molar-refractivity contribution in [2.45, 2.75) is 13.3 Å². The molecule has 2 aromatic rings. The lowest BCUT2D eigenvalue weighted by atomic mass is 10.1. The number of carbonyl (C=O) groups excluding carboxylic acids is 2. The highest BCUT2D eigenvalue weighted by Crippen LogP contribution is 2.33. The molecule has 1 fully saturated rings. The topological polar surface area (TPSA) is 67.9 Å². The fraction of sp³-hybridized carbons (Fsp3) is 0.300. The monoisotopic (exact) mass is 388 g/mol. The molecule has 0 spiro atoms. The van der Waals surface area contributed by atoms with Gasteiger partial charge in [-0.15, -0.1) is 0 Å². The van der Waals surface area contributed by atoms with Gasteiger partial charge in [0.25, 0.3) is 0 Å². The molecule has 3 rings (SSSR count). The quantitative estimate of drug-likeness (QED) is 0.848. The predicted octanol–water partition coefficient (Wildman–Crippen LogP) is 3.66. The minimum Gasteiger partial charge on any atom is -0.497 e. The van der Waals surface area contributed by atoms with E-state index in [-0.39, 0.29) is 18.2 Å². The number of anilines is 2. The molecular weight excluding hydrogens is 368 g/mol. The van der Waals surface area contributed by atoms with Crippen molar-refractivity contribution in [3.63, 3.8) is 0 Å². The fourth-order valence-electron chi connectivity index (χ4n) is 3.13. The maximum absolute atomic E-state index is 12.7. The molecule has 0 aromatic heterocycles. The van der Waals surface area contributed by atoms with Crippen molar-refractivity contribution >= 4 is 34.8 Å². The van der Waals surface area contributed by atoms with Gasteiger partial charge in [0, 0.05) is 29.7 Å². The van der Waals surface area contributed by atoms with Crippen LogP contribution in [0.1, 0.15) is 12.0 Å². The van der Waals surface area contributed by atoms with Crippen LogP contribution in [0.2, 0.25) is 5.02 Å². The van der Waals surface area contributed by atoms with Crippen LogP contribution in [0.4, 0.5) is 11.4 Å². The fourth-order valence-corrected chi connectivity index (χ4v) is 3.29. The Bertz CT molecular complexity index is 884. The van der Waals surface area contributed by atoms with Crippen LogP contribution in [0.5, 0.6) is 11.5 Å². The molecule has 1 unspecified atom stereocenters. The highest BCUT2D eigenvalue weighted by Gasteiger charge is 2.36. The first kappa shape index (κ1) is 19.0. The second kappa shape index (κ2) is 7.88. The van der Waals surface area contributed by atoms with Crippen LogP contribution in [0.15, 0.2) is 36.4 Å². The maximum Gasteiger partial charge on any atom is 0.229 e. The van der Waals surface area contributed by atoms with Crippen LogP contribution in [0.25, 0.3) is 0 Å². The third-order valence-electron chi connectivity index (χ3n) is 4.62. The van der Waals surface area contributed by atoms with Gasteiger partial charge in [-0.1, -0.05) is 17.7 Å². The number of benzene rings is 2. The Kier molecular flexibility index (Phi) is 5.56. The van der Waals surface area contributed by atoms with E-state index in [1.54, 1.807) is 42.3 Å². The van der Waals surface area contributed by atoms with Crippen LogP contribution in [0.3, 0.4) is 0 Å². The summed E-state index contributed by atoms with van der Waals surface area (Å²) in [6.45, 7) is 2.22. The zero-order valence-corrected chi connectivity index (χ0v) is 16.2. The summed E-state index contributed by atoms with van der Waals surface area (Å²) in [4.78, 5) is 26.8. The van der Waals surface area contributed by atoms with Gasteiger partial charge >= 0.3 is 0 Å². The Hall–Kier alpha value is -2.73. The van der Waals surface area contributed by atoms with Crippen LogP contribution in [0, 0.1) is 12.8 Å². The first-order valence-electron chi connectivity index (χ1n) is 8.52. The van der Waals surface area contributed by atoms with Crippen molar-refractivity contribution in [3.8, 4) is 11.5 Å². The van der Waals surface area contributed by atoms with Crippen LogP contribution < -0.4 is 19.7 Å². The van der Waals surface area contributed by atoms with Gasteiger partial charge in [0.1, 0.15) is 11.5 Å². The molecule has 1 N–H and O–H groups in total. The normalized spacial score (nSPS) is 16.4. The average Bonchev–Trinajstić information content (AvgIpc) is 3.05. The highest BCUT2D eigenvalue weighted by molar-refractivity contribution is 6.31. The molecule has 6 nitrogen and oxygen atoms in total. The molecule has 1 aliphatic heterocycles. The van der Waals surface area contributed by atoms with Crippen LogP contribution >= 0.6 is 11.6 Å². The minimum absolute atomic E-state index is 0.0952. The van der Waals surface area contributed by atoms with Gasteiger partial charge in [0.2, 0.25) is 11.8 Å². The Morgan fingerprint density at radius 2 is 1.96 bits per heavy atom. The summed E-state index contributed by atoms with van der Waals surface area (Å²) in [5, 5.41) is 3.40. The number of halogens is 1. The van der Waals surface area contributed by atoms with E-state index >= 15 is 0 Å². The lowest BCUT2D eigenvalue weighted by molar-refractivity contribution is -0.122. The number of ether oxygens (including phenoxy) is 2. The second-order valence-electron chi connectivity index (χ2n) is 6.39. The van der Waals surface area contributed by atoms with Crippen molar-refractivity contribution in [2.24, 2.45) is 5.92 Å². The largest absolute Gasteiger partial charge is 0.497 e. The van der Waals surface area contributed by atoms with Crippen LogP contribution in [-0.2, 0) is 9.59 Å². The van der Waals surface area contributed by atoms with Gasteiger partial charge in [0.15, 0.2) is 0 Å². The summed E-state index contributed by atoms with van der Waals surface area (Å²) in [6, 6.07) is 10.5. The summed E-state index contributed by atoms with van der Waals surface area (Å²) in [5.41, 5.74) is 2.21. The van der Waals surface area contributed by atoms with E-state index in [9.17, 15) is 9.59 Å². The lowest BCUT2D eigenvalue weighted by Gasteiger charge is -2.19. The van der Waals surface area contributed by atoms with Crippen molar-refractivity contribution < 1.29 is 19.1 Å². The van der Waals surface area contributed by atoms with E-state index in [0.717, 1.165) is 11.3 Å². The Labute approximate surface area is 163 Å². The molecule has 1 aliphatic rings. The predicted molar refractivity (Wildman–Crippen MR) is 105 cm³/mol. The van der Waals surface area contributed by atoms with Gasteiger partial charge < -0.3 is 19.7 Å². The molecule has 0 aliphatic carbocycles. The SMILES string of the molecule is COc1ccc(NC(=O)C2CC(=O)N(c3cc(Cl)ccc3C)C2)c(OC)c1. The number of amides is 2. The number of aryl methyl sites for hydroxylation is 1. The molecule has 0 radical (unpaired) electrons. The highest BCUT2D eigenvalue weighted by atomic mass is 35.5. The van der Waals surface area contributed by atoms with Gasteiger partial charge in [0.05, 0.1) is 25.8 Å². The van der Waals surface area contributed by atoms with Gasteiger partial charge in [-0.3, -0.25) is 9.59 Å². The first-order chi connectivity index (χ1) is 12.9. The Morgan fingerprint density at radius 1 is 1.19 bits per heavy atom. The Balaban J connectivity index is 1.75. The molecule has 27 heavy (non-hydrogen) atoms. The standard InChI is InChI=1S/C20H21ClN2O4/c1-12-4-5-14(21)9-17(12)23-11-13(8-19(23)24)20(25)22-16-7-6-15(26-2)10-18(16)27-3/h4-7,9-10,13H,8,11H2,1-3H3,(H,22,25). The molecule has 1 atom stereocenters. The number of hydrogen-bond acceptors (Lipinski definition) is 4. The van der Waals surface area contributed by atoms with E-state index in [1.165, 1.54) is 7.11 Å². The van der Waals surface area contributed by atoms with Gasteiger partial charge in [-0.25, -0.2) is 0 Å². The van der Waals surface area contributed by atoms with Crippen molar-refractivity contribution in [1.82, 2.24) is 0 Å². The minimum atomic E-state index is -0.456. The molecule has 1 heterocycles. The molecule has 7 heteroatoms. The molecule has 142 valence electrons. The summed E-state index contributed by atoms with van der Waals surface area (Å²) in [7, 11) is 3.08. The number of nitrogens with zero attached hydrogens (tertiary/aromatic N) is 1. The maximum atomic E-state index is 12.7. The number of nitrogens with one attached hydrogen (secondary N) is 1. The summed E-state index contributed by atoms with van der Waals surface area (Å²) < 4.78 is 10.5. The summed E-state index contributed by atoms with van der Waals surface area (Å²) in [6.07, 6.45) is 0.149. The summed E-state index contributed by atoms with van der Waals surface area (Å²) in [5.74, 6) is 0.344. The second-order valence-corrected chi connectivity index (χ2v) is 6.83. The average molecular weight is 389 g/mol. The Morgan fingerprint density at radius 3 is 2.67 bits per heavy atom. The molecule has 2 aromatic carbocycles. The summed E-state index contributed by atoms with van der Waals surface area (Å²) >= 11 is 6.07.